The highest BCUT2D eigenvalue weighted by atomic mass is 127. The molecule has 3 rings (SSSR count). The maximum Gasteiger partial charge on any atom is 0.357 e. The second-order valence-electron chi connectivity index (χ2n) is 4.53. The van der Waals surface area contributed by atoms with E-state index in [-0.39, 0.29) is 5.56 Å². The zero-order chi connectivity index (χ0) is 13.6. The van der Waals surface area contributed by atoms with Crippen molar-refractivity contribution in [3.8, 4) is 11.1 Å². The highest BCUT2D eigenvalue weighted by Crippen LogP contribution is 2.37. The molecule has 0 unspecified atom stereocenters. The summed E-state index contributed by atoms with van der Waals surface area (Å²) in [6.45, 7) is 0. The smallest absolute Gasteiger partial charge is 0.286 e. The van der Waals surface area contributed by atoms with Crippen LogP contribution in [0.2, 0.25) is 0 Å². The number of Topliss-reactive ketones (excluding diaryl/α,β-unsaturated/α-hetero) is 1. The Morgan fingerprint density at radius 1 is 1.05 bits per heavy atom. The first-order valence-corrected chi connectivity index (χ1v) is 6.87. The lowest BCUT2D eigenvalue weighted by Crippen LogP contribution is -2.20. The summed E-state index contributed by atoms with van der Waals surface area (Å²) in [5, 5.41) is 0. The minimum absolute atomic E-state index is 0.0750. The molecule has 0 spiro atoms. The van der Waals surface area contributed by atoms with Crippen LogP contribution in [0.25, 0.3) is 11.1 Å². The average Bonchev–Trinajstić information content (AvgIpc) is 2.74. The van der Waals surface area contributed by atoms with Crippen LogP contribution in [0.5, 0.6) is 0 Å². The van der Waals surface area contributed by atoms with E-state index in [0.717, 1.165) is 39.3 Å². The van der Waals surface area contributed by atoms with Gasteiger partial charge >= 0.3 is 3.93 Å². The number of ketones is 1. The van der Waals surface area contributed by atoms with Crippen molar-refractivity contribution in [2.75, 3.05) is 0 Å². The van der Waals surface area contributed by atoms with Crippen LogP contribution in [0.1, 0.15) is 21.5 Å². The normalized spacial score (nSPS) is 13.0. The van der Waals surface area contributed by atoms with Crippen molar-refractivity contribution in [3.63, 3.8) is 0 Å². The van der Waals surface area contributed by atoms with Gasteiger partial charge in [0.25, 0.3) is 0 Å². The summed E-state index contributed by atoms with van der Waals surface area (Å²) in [6, 6.07) is 12.8. The maximum absolute atomic E-state index is 13.1. The average molecular weight is 370 g/mol. The van der Waals surface area contributed by atoms with Gasteiger partial charge in [0, 0.05) is 28.2 Å². The molecule has 0 fully saturated rings. The molecule has 2 aromatic carbocycles. The second kappa shape index (κ2) is 4.37. The summed E-state index contributed by atoms with van der Waals surface area (Å²) in [5.74, 6) is -1.13. The molecular formula is C15H9F2IO. The van der Waals surface area contributed by atoms with Gasteiger partial charge in [-0.05, 0) is 34.7 Å². The Hall–Kier alpha value is -1.30. The number of carbonyl (C=O) groups is 1. The Balaban J connectivity index is 2.05. The molecule has 0 saturated carbocycles. The van der Waals surface area contributed by atoms with Gasteiger partial charge in [0.05, 0.1) is 0 Å². The van der Waals surface area contributed by atoms with Gasteiger partial charge in [-0.25, -0.2) is 0 Å². The number of hydrogen-bond acceptors (Lipinski definition) is 1. The van der Waals surface area contributed by atoms with Crippen LogP contribution < -0.4 is 0 Å². The molecular weight excluding hydrogens is 361 g/mol. The molecule has 2 aromatic rings. The number of carbonyl (C=O) groups excluding carboxylic acids is 1. The molecule has 0 aliphatic heterocycles. The molecule has 0 saturated heterocycles. The molecule has 1 aliphatic carbocycles. The topological polar surface area (TPSA) is 17.1 Å². The highest BCUT2D eigenvalue weighted by Gasteiger charge is 2.36. The fourth-order valence-electron chi connectivity index (χ4n) is 2.45. The first kappa shape index (κ1) is 12.7. The molecule has 0 bridgehead atoms. The first-order chi connectivity index (χ1) is 8.97. The minimum Gasteiger partial charge on any atom is -0.286 e. The van der Waals surface area contributed by atoms with E-state index in [4.69, 9.17) is 0 Å². The van der Waals surface area contributed by atoms with Crippen molar-refractivity contribution in [2.45, 2.75) is 10.4 Å². The molecule has 0 aromatic heterocycles. The van der Waals surface area contributed by atoms with Crippen LogP contribution in [0.3, 0.4) is 0 Å². The molecule has 96 valence electrons. The third kappa shape index (κ3) is 2.18. The Kier molecular flexibility index (Phi) is 2.92. The monoisotopic (exact) mass is 370 g/mol. The predicted octanol–water partition coefficient (Wildman–Crippen LogP) is 4.47. The number of alkyl halides is 3. The fourth-order valence-corrected chi connectivity index (χ4v) is 2.76. The van der Waals surface area contributed by atoms with Crippen molar-refractivity contribution in [2.24, 2.45) is 0 Å². The summed E-state index contributed by atoms with van der Waals surface area (Å²) in [7, 11) is 0. The number of fused-ring (bicyclic) bond motifs is 3. The summed E-state index contributed by atoms with van der Waals surface area (Å²) >= 11 is 0.871. The number of benzene rings is 2. The zero-order valence-corrected chi connectivity index (χ0v) is 11.9. The Morgan fingerprint density at radius 2 is 1.74 bits per heavy atom. The van der Waals surface area contributed by atoms with Crippen molar-refractivity contribution in [1.82, 2.24) is 0 Å². The lowest BCUT2D eigenvalue weighted by Gasteiger charge is -2.08. The lowest BCUT2D eigenvalue weighted by molar-refractivity contribution is 0.0627. The second-order valence-corrected chi connectivity index (χ2v) is 5.89. The Bertz CT molecular complexity index is 674. The van der Waals surface area contributed by atoms with Gasteiger partial charge in [0.1, 0.15) is 0 Å². The summed E-state index contributed by atoms with van der Waals surface area (Å²) < 4.78 is 22.8. The lowest BCUT2D eigenvalue weighted by atomic mass is 10.0. The van der Waals surface area contributed by atoms with E-state index in [0.29, 0.717) is 6.42 Å². The number of rotatable bonds is 2. The van der Waals surface area contributed by atoms with Gasteiger partial charge < -0.3 is 0 Å². The molecule has 0 radical (unpaired) electrons. The van der Waals surface area contributed by atoms with E-state index >= 15 is 0 Å². The van der Waals surface area contributed by atoms with Crippen molar-refractivity contribution >= 4 is 28.4 Å². The van der Waals surface area contributed by atoms with E-state index in [9.17, 15) is 13.6 Å². The van der Waals surface area contributed by atoms with Crippen LogP contribution in [0.4, 0.5) is 8.78 Å². The molecule has 1 aliphatic rings. The Labute approximate surface area is 122 Å². The molecule has 0 atom stereocenters. The summed E-state index contributed by atoms with van der Waals surface area (Å²) in [5.41, 5.74) is 4.34. The minimum atomic E-state index is -3.35. The van der Waals surface area contributed by atoms with E-state index in [1.54, 1.807) is 12.1 Å². The maximum atomic E-state index is 13.1. The van der Waals surface area contributed by atoms with Gasteiger partial charge in [0.2, 0.25) is 5.78 Å². The van der Waals surface area contributed by atoms with E-state index in [1.165, 1.54) is 11.6 Å². The molecule has 4 heteroatoms. The highest BCUT2D eigenvalue weighted by molar-refractivity contribution is 14.1. The molecule has 0 N–H and O–H groups in total. The fraction of sp³-hybridized carbons (Fsp3) is 0.133. The van der Waals surface area contributed by atoms with Crippen LogP contribution in [-0.2, 0) is 6.42 Å². The van der Waals surface area contributed by atoms with E-state index in [2.05, 4.69) is 0 Å². The van der Waals surface area contributed by atoms with Gasteiger partial charge in [-0.3, -0.25) is 4.79 Å². The van der Waals surface area contributed by atoms with E-state index < -0.39 is 9.71 Å². The van der Waals surface area contributed by atoms with Crippen molar-refractivity contribution in [3.05, 3.63) is 59.2 Å². The quantitative estimate of drug-likeness (QED) is 0.370. The molecule has 19 heavy (non-hydrogen) atoms. The predicted molar refractivity (Wildman–Crippen MR) is 78.0 cm³/mol. The zero-order valence-electron chi connectivity index (χ0n) is 9.79. The third-order valence-corrected chi connectivity index (χ3v) is 3.80. The van der Waals surface area contributed by atoms with Gasteiger partial charge in [0.15, 0.2) is 0 Å². The van der Waals surface area contributed by atoms with Gasteiger partial charge in [-0.2, -0.15) is 8.78 Å². The molecule has 0 amide bonds. The van der Waals surface area contributed by atoms with Crippen LogP contribution in [0, 0.1) is 0 Å². The standard InChI is InChI=1S/C15H9F2IO/c16-15(17,18)14(19)10-5-6-13-11(8-10)7-9-3-1-2-4-12(9)13/h1-6,8H,7H2. The number of hydrogen-bond donors (Lipinski definition) is 0. The number of halogens is 3. The Morgan fingerprint density at radius 3 is 2.47 bits per heavy atom. The SMILES string of the molecule is O=C(c1ccc2c(c1)Cc1ccccc1-2)C(F)(F)I. The third-order valence-electron chi connectivity index (χ3n) is 3.31. The van der Waals surface area contributed by atoms with E-state index in [1.807, 2.05) is 24.3 Å². The molecule has 1 nitrogen and oxygen atoms in total. The van der Waals surface area contributed by atoms with Crippen LogP contribution in [0.15, 0.2) is 42.5 Å². The van der Waals surface area contributed by atoms with Crippen LogP contribution >= 0.6 is 22.6 Å². The largest absolute Gasteiger partial charge is 0.357 e. The summed E-state index contributed by atoms with van der Waals surface area (Å²) in [4.78, 5) is 11.6. The molecule has 0 heterocycles. The van der Waals surface area contributed by atoms with Crippen molar-refractivity contribution < 1.29 is 13.6 Å². The summed E-state index contributed by atoms with van der Waals surface area (Å²) in [6.07, 6.45) is 0.694. The van der Waals surface area contributed by atoms with Crippen molar-refractivity contribution in [1.29, 1.82) is 0 Å². The first-order valence-electron chi connectivity index (χ1n) is 5.79. The van der Waals surface area contributed by atoms with Gasteiger partial charge in [-0.1, -0.05) is 36.4 Å². The van der Waals surface area contributed by atoms with Crippen LogP contribution in [-0.4, -0.2) is 9.71 Å². The van der Waals surface area contributed by atoms with Gasteiger partial charge in [-0.15, -0.1) is 0 Å².